The number of hydrogen-bond donors (Lipinski definition) is 0. The Morgan fingerprint density at radius 3 is 2.40 bits per heavy atom. The molecule has 7 heteroatoms. The summed E-state index contributed by atoms with van der Waals surface area (Å²) < 4.78 is 39.4. The van der Waals surface area contributed by atoms with E-state index in [4.69, 9.17) is 23.2 Å². The van der Waals surface area contributed by atoms with Gasteiger partial charge in [-0.1, -0.05) is 41.4 Å². The van der Waals surface area contributed by atoms with Gasteiger partial charge in [0, 0.05) is 18.6 Å². The molecule has 0 unspecified atom stereocenters. The minimum Gasteiger partial charge on any atom is -0.366 e. The van der Waals surface area contributed by atoms with Crippen LogP contribution in [0.2, 0.25) is 10.0 Å². The molecule has 0 heterocycles. The van der Waals surface area contributed by atoms with Crippen molar-refractivity contribution >= 4 is 35.2 Å². The Bertz CT molecular complexity index is 773. The van der Waals surface area contributed by atoms with Crippen LogP contribution in [0.5, 0.6) is 0 Å². The molecule has 2 aromatic rings. The first kappa shape index (κ1) is 19.6. The summed E-state index contributed by atoms with van der Waals surface area (Å²) in [7, 11) is 1.86. The molecule has 0 aliphatic carbocycles. The van der Waals surface area contributed by atoms with Crippen molar-refractivity contribution in [1.29, 1.82) is 0 Å². The molecule has 134 valence electrons. The third kappa shape index (κ3) is 5.13. The SMILES string of the molecule is CCN(C)C=Nc1cc(Cl)c(Cc2ccccc2C(F)(F)F)cc1Cl. The smallest absolute Gasteiger partial charge is 0.366 e. The standard InChI is InChI=1S/C18H17Cl2F3N2/c1-3-25(2)11-24-17-10-15(19)13(9-16(17)20)8-12-6-4-5-7-14(12)18(21,22)23/h4-7,9-11H,3,8H2,1-2H3. The van der Waals surface area contributed by atoms with Gasteiger partial charge in [-0.25, -0.2) is 4.99 Å². The summed E-state index contributed by atoms with van der Waals surface area (Å²) in [5, 5.41) is 0.664. The van der Waals surface area contributed by atoms with Crippen molar-refractivity contribution in [1.82, 2.24) is 4.90 Å². The monoisotopic (exact) mass is 388 g/mol. The topological polar surface area (TPSA) is 15.6 Å². The molecule has 0 amide bonds. The van der Waals surface area contributed by atoms with Crippen LogP contribution in [0.1, 0.15) is 23.6 Å². The lowest BCUT2D eigenvalue weighted by atomic mass is 9.99. The maximum absolute atomic E-state index is 13.1. The van der Waals surface area contributed by atoms with Crippen molar-refractivity contribution < 1.29 is 13.2 Å². The molecule has 0 fully saturated rings. The van der Waals surface area contributed by atoms with Gasteiger partial charge in [0.25, 0.3) is 0 Å². The van der Waals surface area contributed by atoms with Crippen LogP contribution in [-0.2, 0) is 12.6 Å². The van der Waals surface area contributed by atoms with Gasteiger partial charge in [-0.3, -0.25) is 0 Å². The van der Waals surface area contributed by atoms with Crippen LogP contribution >= 0.6 is 23.2 Å². The maximum Gasteiger partial charge on any atom is 0.416 e. The zero-order chi connectivity index (χ0) is 18.6. The van der Waals surface area contributed by atoms with E-state index in [0.29, 0.717) is 21.3 Å². The predicted octanol–water partition coefficient (Wildman–Crippen LogP) is 6.21. The molecule has 0 radical (unpaired) electrons. The van der Waals surface area contributed by atoms with Crippen LogP contribution in [0, 0.1) is 0 Å². The number of halogens is 5. The van der Waals surface area contributed by atoms with Gasteiger partial charge in [-0.05, 0) is 42.7 Å². The van der Waals surface area contributed by atoms with Gasteiger partial charge in [-0.15, -0.1) is 0 Å². The molecular formula is C18H17Cl2F3N2. The molecule has 0 bridgehead atoms. The van der Waals surface area contributed by atoms with Gasteiger partial charge in [-0.2, -0.15) is 13.2 Å². The maximum atomic E-state index is 13.1. The first-order valence-electron chi connectivity index (χ1n) is 7.59. The number of rotatable bonds is 5. The van der Waals surface area contributed by atoms with Crippen LogP contribution in [0.4, 0.5) is 18.9 Å². The van der Waals surface area contributed by atoms with Crippen LogP contribution < -0.4 is 0 Å². The van der Waals surface area contributed by atoms with Gasteiger partial charge in [0.05, 0.1) is 22.6 Å². The van der Waals surface area contributed by atoms with E-state index in [1.54, 1.807) is 24.5 Å². The summed E-state index contributed by atoms with van der Waals surface area (Å²) in [6.07, 6.45) is -2.76. The lowest BCUT2D eigenvalue weighted by Crippen LogP contribution is -2.14. The van der Waals surface area contributed by atoms with Crippen molar-refractivity contribution in [2.75, 3.05) is 13.6 Å². The Hall–Kier alpha value is -1.72. The zero-order valence-electron chi connectivity index (χ0n) is 13.7. The van der Waals surface area contributed by atoms with E-state index in [9.17, 15) is 13.2 Å². The highest BCUT2D eigenvalue weighted by Gasteiger charge is 2.32. The minimum atomic E-state index is -4.41. The average Bonchev–Trinajstić information content (AvgIpc) is 2.55. The quantitative estimate of drug-likeness (QED) is 0.438. The highest BCUT2D eigenvalue weighted by molar-refractivity contribution is 6.35. The second-order valence-electron chi connectivity index (χ2n) is 5.54. The minimum absolute atomic E-state index is 0.0348. The predicted molar refractivity (Wildman–Crippen MR) is 97.2 cm³/mol. The molecule has 0 N–H and O–H groups in total. The van der Waals surface area contributed by atoms with E-state index >= 15 is 0 Å². The summed E-state index contributed by atoms with van der Waals surface area (Å²) in [4.78, 5) is 6.11. The molecule has 2 rings (SSSR count). The Labute approximate surface area is 154 Å². The largest absolute Gasteiger partial charge is 0.416 e. The lowest BCUT2D eigenvalue weighted by Gasteiger charge is -2.14. The molecule has 2 nitrogen and oxygen atoms in total. The number of aliphatic imine (C=N–C) groups is 1. The fourth-order valence-corrected chi connectivity index (χ4v) is 2.67. The lowest BCUT2D eigenvalue weighted by molar-refractivity contribution is -0.138. The Morgan fingerprint density at radius 1 is 1.08 bits per heavy atom. The first-order valence-corrected chi connectivity index (χ1v) is 8.35. The van der Waals surface area contributed by atoms with E-state index in [-0.39, 0.29) is 12.0 Å². The fraction of sp³-hybridized carbons (Fsp3) is 0.278. The molecule has 25 heavy (non-hydrogen) atoms. The van der Waals surface area contributed by atoms with Crippen molar-refractivity contribution in [2.45, 2.75) is 19.5 Å². The molecule has 2 aromatic carbocycles. The van der Waals surface area contributed by atoms with Gasteiger partial charge < -0.3 is 4.90 Å². The number of hydrogen-bond acceptors (Lipinski definition) is 1. The summed E-state index contributed by atoms with van der Waals surface area (Å²) in [6, 6.07) is 8.56. The van der Waals surface area contributed by atoms with E-state index < -0.39 is 11.7 Å². The van der Waals surface area contributed by atoms with Gasteiger partial charge in [0.1, 0.15) is 0 Å². The van der Waals surface area contributed by atoms with Gasteiger partial charge in [0.2, 0.25) is 0 Å². The fourth-order valence-electron chi connectivity index (χ4n) is 2.21. The zero-order valence-corrected chi connectivity index (χ0v) is 15.3. The van der Waals surface area contributed by atoms with E-state index in [0.717, 1.165) is 12.6 Å². The van der Waals surface area contributed by atoms with Crippen LogP contribution in [0.25, 0.3) is 0 Å². The molecule has 0 atom stereocenters. The number of alkyl halides is 3. The highest BCUT2D eigenvalue weighted by Crippen LogP contribution is 2.36. The van der Waals surface area contributed by atoms with Crippen molar-refractivity contribution in [3.63, 3.8) is 0 Å². The molecule has 0 aliphatic heterocycles. The van der Waals surface area contributed by atoms with E-state index in [1.165, 1.54) is 12.1 Å². The third-order valence-electron chi connectivity index (χ3n) is 3.71. The van der Waals surface area contributed by atoms with E-state index in [1.807, 2.05) is 18.9 Å². The van der Waals surface area contributed by atoms with Crippen LogP contribution in [-0.4, -0.2) is 24.8 Å². The van der Waals surface area contributed by atoms with Crippen molar-refractivity contribution in [2.24, 2.45) is 4.99 Å². The second kappa shape index (κ2) is 8.11. The summed E-state index contributed by atoms with van der Waals surface area (Å²) in [5.41, 5.74) is 0.467. The molecule has 0 saturated carbocycles. The first-order chi connectivity index (χ1) is 11.7. The summed E-state index contributed by atoms with van der Waals surface area (Å²) in [6.45, 7) is 2.75. The Balaban J connectivity index is 2.34. The molecule has 0 aromatic heterocycles. The van der Waals surface area contributed by atoms with Crippen molar-refractivity contribution in [3.05, 3.63) is 63.1 Å². The summed E-state index contributed by atoms with van der Waals surface area (Å²) >= 11 is 12.5. The number of benzene rings is 2. The number of nitrogens with zero attached hydrogens (tertiary/aromatic N) is 2. The normalized spacial score (nSPS) is 12.0. The van der Waals surface area contributed by atoms with Crippen LogP contribution in [0.3, 0.4) is 0 Å². The van der Waals surface area contributed by atoms with Gasteiger partial charge >= 0.3 is 6.18 Å². The van der Waals surface area contributed by atoms with Gasteiger partial charge in [0.15, 0.2) is 0 Å². The molecule has 0 saturated heterocycles. The average molecular weight is 389 g/mol. The molecular weight excluding hydrogens is 372 g/mol. The van der Waals surface area contributed by atoms with Crippen molar-refractivity contribution in [3.8, 4) is 0 Å². The third-order valence-corrected chi connectivity index (χ3v) is 4.37. The van der Waals surface area contributed by atoms with Crippen LogP contribution in [0.15, 0.2) is 41.4 Å². The van der Waals surface area contributed by atoms with E-state index in [2.05, 4.69) is 4.99 Å². The summed E-state index contributed by atoms with van der Waals surface area (Å²) in [5.74, 6) is 0. The molecule has 0 spiro atoms. The second-order valence-corrected chi connectivity index (χ2v) is 6.36. The Kier molecular flexibility index (Phi) is 6.36. The highest BCUT2D eigenvalue weighted by atomic mass is 35.5. The Morgan fingerprint density at radius 2 is 1.76 bits per heavy atom. The molecule has 0 aliphatic rings.